The van der Waals surface area contributed by atoms with Crippen LogP contribution >= 0.6 is 0 Å². The molecule has 7 nitrogen and oxygen atoms in total. The molecule has 4 N–H and O–H groups in total. The van der Waals surface area contributed by atoms with Gasteiger partial charge in [-0.15, -0.1) is 0 Å². The van der Waals surface area contributed by atoms with Crippen molar-refractivity contribution in [1.82, 2.24) is 10.1 Å². The molecule has 1 atom stereocenters. The Balaban J connectivity index is 1.58. The topological polar surface area (TPSA) is 103 Å². The van der Waals surface area contributed by atoms with Crippen LogP contribution in [0.5, 0.6) is 5.75 Å². The number of unbranched alkanes of at least 4 members (excludes halogenated alkanes) is 5. The minimum atomic E-state index is -0.429. The van der Waals surface area contributed by atoms with E-state index in [0.29, 0.717) is 23.9 Å². The smallest absolute Gasteiger partial charge is 0.341 e. The lowest BCUT2D eigenvalue weighted by atomic mass is 10.1. The molecule has 1 saturated heterocycles. The first-order chi connectivity index (χ1) is 14.1. The SMILES string of the molecule is CCCCCCCCOc1ccc(-c2noc([C@@H]3CCC[N+]3=C(N)N)n2)cc1F. The van der Waals surface area contributed by atoms with Crippen LogP contribution in [0.2, 0.25) is 0 Å². The average Bonchev–Trinajstić information content (AvgIpc) is 3.37. The van der Waals surface area contributed by atoms with Gasteiger partial charge in [0.05, 0.1) is 13.2 Å². The molecule has 0 bridgehead atoms. The summed E-state index contributed by atoms with van der Waals surface area (Å²) in [6.45, 7) is 3.47. The van der Waals surface area contributed by atoms with Gasteiger partial charge >= 0.3 is 5.96 Å². The van der Waals surface area contributed by atoms with Crippen LogP contribution in [-0.4, -0.2) is 33.8 Å². The normalized spacial score (nSPS) is 16.3. The number of rotatable bonds is 10. The number of aromatic nitrogens is 2. The fourth-order valence-corrected chi connectivity index (χ4v) is 3.64. The molecule has 1 fully saturated rings. The van der Waals surface area contributed by atoms with Gasteiger partial charge in [0, 0.05) is 5.56 Å². The summed E-state index contributed by atoms with van der Waals surface area (Å²) in [5, 5.41) is 4.00. The van der Waals surface area contributed by atoms with E-state index in [9.17, 15) is 4.39 Å². The molecule has 1 aromatic heterocycles. The van der Waals surface area contributed by atoms with Crippen LogP contribution in [0.4, 0.5) is 4.39 Å². The maximum Gasteiger partial charge on any atom is 0.341 e. The summed E-state index contributed by atoms with van der Waals surface area (Å²) in [5.74, 6) is 0.837. The number of benzene rings is 1. The number of hydrogen-bond donors (Lipinski definition) is 2. The molecular formula is C21H31FN5O2+. The van der Waals surface area contributed by atoms with Crippen LogP contribution in [0.3, 0.4) is 0 Å². The molecule has 29 heavy (non-hydrogen) atoms. The van der Waals surface area contributed by atoms with Crippen molar-refractivity contribution in [1.29, 1.82) is 0 Å². The Morgan fingerprint density at radius 1 is 1.24 bits per heavy atom. The maximum absolute atomic E-state index is 14.4. The molecule has 0 spiro atoms. The van der Waals surface area contributed by atoms with Crippen LogP contribution in [-0.2, 0) is 0 Å². The number of hydrogen-bond acceptors (Lipinski definition) is 4. The van der Waals surface area contributed by atoms with E-state index in [2.05, 4.69) is 17.1 Å². The second kappa shape index (κ2) is 10.2. The first-order valence-corrected chi connectivity index (χ1v) is 10.5. The van der Waals surface area contributed by atoms with Gasteiger partial charge in [-0.05, 0) is 37.5 Å². The third-order valence-corrected chi connectivity index (χ3v) is 5.26. The number of ether oxygens (including phenoxy) is 1. The van der Waals surface area contributed by atoms with Crippen molar-refractivity contribution >= 4 is 5.96 Å². The molecule has 0 amide bonds. The fourth-order valence-electron chi connectivity index (χ4n) is 3.64. The molecule has 3 rings (SSSR count). The summed E-state index contributed by atoms with van der Waals surface area (Å²) >= 11 is 0. The number of halogens is 1. The lowest BCUT2D eigenvalue weighted by Gasteiger charge is -2.08. The van der Waals surface area contributed by atoms with Gasteiger partial charge in [-0.25, -0.2) is 4.39 Å². The monoisotopic (exact) mass is 404 g/mol. The van der Waals surface area contributed by atoms with Crippen LogP contribution in [0.1, 0.15) is 70.2 Å². The summed E-state index contributed by atoms with van der Waals surface area (Å²) in [6, 6.07) is 4.60. The van der Waals surface area contributed by atoms with Gasteiger partial charge in [-0.2, -0.15) is 4.98 Å². The minimum absolute atomic E-state index is 0.133. The molecular weight excluding hydrogens is 373 g/mol. The minimum Gasteiger partial charge on any atom is -0.491 e. The molecule has 158 valence electrons. The quantitative estimate of drug-likeness (QED) is 0.355. The second-order valence-electron chi connectivity index (χ2n) is 7.49. The van der Waals surface area contributed by atoms with Gasteiger partial charge in [0.1, 0.15) is 0 Å². The number of nitrogens with two attached hydrogens (primary N) is 2. The van der Waals surface area contributed by atoms with Crippen molar-refractivity contribution in [3.63, 3.8) is 0 Å². The van der Waals surface area contributed by atoms with Crippen molar-refractivity contribution in [2.24, 2.45) is 11.5 Å². The van der Waals surface area contributed by atoms with Crippen molar-refractivity contribution in [2.45, 2.75) is 64.3 Å². The zero-order chi connectivity index (χ0) is 20.6. The second-order valence-corrected chi connectivity index (χ2v) is 7.49. The van der Waals surface area contributed by atoms with Gasteiger partial charge in [-0.1, -0.05) is 44.2 Å². The molecule has 0 aliphatic carbocycles. The lowest BCUT2D eigenvalue weighted by Crippen LogP contribution is -2.35. The van der Waals surface area contributed by atoms with Gasteiger partial charge in [0.2, 0.25) is 5.82 Å². The summed E-state index contributed by atoms with van der Waals surface area (Å²) < 4.78 is 27.3. The van der Waals surface area contributed by atoms with Gasteiger partial charge in [0.25, 0.3) is 5.89 Å². The van der Waals surface area contributed by atoms with Crippen LogP contribution in [0.15, 0.2) is 22.7 Å². The lowest BCUT2D eigenvalue weighted by molar-refractivity contribution is -0.555. The van der Waals surface area contributed by atoms with E-state index in [1.165, 1.54) is 31.7 Å². The van der Waals surface area contributed by atoms with Gasteiger partial charge in [-0.3, -0.25) is 16.0 Å². The van der Waals surface area contributed by atoms with E-state index < -0.39 is 5.82 Å². The Morgan fingerprint density at radius 2 is 2.03 bits per heavy atom. The average molecular weight is 405 g/mol. The largest absolute Gasteiger partial charge is 0.491 e. The Bertz CT molecular complexity index is 832. The molecule has 0 radical (unpaired) electrons. The van der Waals surface area contributed by atoms with E-state index >= 15 is 0 Å². The predicted octanol–water partition coefficient (Wildman–Crippen LogP) is 3.74. The van der Waals surface area contributed by atoms with Crippen molar-refractivity contribution in [2.75, 3.05) is 13.2 Å². The molecule has 1 aliphatic rings. The van der Waals surface area contributed by atoms with E-state index in [0.717, 1.165) is 32.2 Å². The Hall–Kier alpha value is -2.64. The Kier molecular flexibility index (Phi) is 7.43. The highest BCUT2D eigenvalue weighted by atomic mass is 19.1. The third kappa shape index (κ3) is 5.46. The van der Waals surface area contributed by atoms with Crippen LogP contribution in [0.25, 0.3) is 11.4 Å². The van der Waals surface area contributed by atoms with E-state index in [4.69, 9.17) is 20.7 Å². The highest BCUT2D eigenvalue weighted by Gasteiger charge is 2.31. The van der Waals surface area contributed by atoms with E-state index in [-0.39, 0.29) is 17.8 Å². The van der Waals surface area contributed by atoms with Crippen LogP contribution < -0.4 is 16.2 Å². The highest BCUT2D eigenvalue weighted by molar-refractivity contribution is 5.70. The fraction of sp³-hybridized carbons (Fsp3) is 0.571. The summed E-state index contributed by atoms with van der Waals surface area (Å²) in [4.78, 5) is 4.43. The van der Waals surface area contributed by atoms with Crippen LogP contribution in [0, 0.1) is 5.82 Å². The summed E-state index contributed by atoms with van der Waals surface area (Å²) in [5.41, 5.74) is 12.0. The number of nitrogens with zero attached hydrogens (tertiary/aromatic N) is 3. The molecule has 0 unspecified atom stereocenters. The summed E-state index contributed by atoms with van der Waals surface area (Å²) in [7, 11) is 0. The molecule has 2 aromatic rings. The molecule has 8 heteroatoms. The molecule has 1 aromatic carbocycles. The van der Waals surface area contributed by atoms with Gasteiger partial charge < -0.3 is 9.26 Å². The van der Waals surface area contributed by atoms with E-state index in [1.807, 2.05) is 4.58 Å². The van der Waals surface area contributed by atoms with Crippen molar-refractivity contribution < 1.29 is 18.2 Å². The first-order valence-electron chi connectivity index (χ1n) is 10.5. The Morgan fingerprint density at radius 3 is 2.79 bits per heavy atom. The standard InChI is InChI=1S/C21H30FN5O2/c1-2-3-4-5-6-7-13-28-18-11-10-15(14-16(18)22)19-25-20(29-26-19)17-9-8-12-27(17)21(23)24/h10-11,14,17H,2-9,12-13H2,1H3,(H3,23,24)/p+1/t17-/m0/s1. The number of guanidine groups is 1. The maximum atomic E-state index is 14.4. The zero-order valence-corrected chi connectivity index (χ0v) is 17.1. The first kappa shape index (κ1) is 21.1. The molecule has 2 heterocycles. The zero-order valence-electron chi connectivity index (χ0n) is 17.1. The highest BCUT2D eigenvalue weighted by Crippen LogP contribution is 2.30. The van der Waals surface area contributed by atoms with Crippen molar-refractivity contribution in [3.8, 4) is 17.1 Å². The Labute approximate surface area is 170 Å². The van der Waals surface area contributed by atoms with Crippen molar-refractivity contribution in [3.05, 3.63) is 29.9 Å². The summed E-state index contributed by atoms with van der Waals surface area (Å²) in [6.07, 6.45) is 8.76. The molecule has 1 aliphatic heterocycles. The van der Waals surface area contributed by atoms with E-state index in [1.54, 1.807) is 12.1 Å². The third-order valence-electron chi connectivity index (χ3n) is 5.26. The molecule has 0 saturated carbocycles. The van der Waals surface area contributed by atoms with Gasteiger partial charge in [0.15, 0.2) is 17.6 Å². The predicted molar refractivity (Wildman–Crippen MR) is 109 cm³/mol.